The number of allylic oxidation sites excluding steroid dienone is 1. The van der Waals surface area contributed by atoms with Crippen molar-refractivity contribution in [3.63, 3.8) is 0 Å². The maximum atomic E-state index is 11.8. The summed E-state index contributed by atoms with van der Waals surface area (Å²) in [6.45, 7) is 4.06. The largest absolute Gasteiger partial charge is 0.376 e. The molecule has 1 aliphatic rings. The van der Waals surface area contributed by atoms with Gasteiger partial charge in [-0.1, -0.05) is 6.08 Å². The Morgan fingerprint density at radius 1 is 1.61 bits per heavy atom. The number of sulfone groups is 1. The summed E-state index contributed by atoms with van der Waals surface area (Å²) in [6, 6.07) is 0. The van der Waals surface area contributed by atoms with Crippen LogP contribution in [0.25, 0.3) is 0 Å². The van der Waals surface area contributed by atoms with Crippen LogP contribution in [0.4, 0.5) is 0 Å². The molecule has 0 aromatic rings. The van der Waals surface area contributed by atoms with E-state index in [2.05, 4.69) is 6.58 Å². The molecule has 1 saturated heterocycles. The highest BCUT2D eigenvalue weighted by Gasteiger charge is 2.41. The zero-order valence-electron chi connectivity index (χ0n) is 10.7. The minimum atomic E-state index is -3.29. The molecule has 1 rings (SSSR count). The fraction of sp³-hybridized carbons (Fsp3) is 0.818. The lowest BCUT2D eigenvalue weighted by molar-refractivity contribution is 0.0165. The van der Waals surface area contributed by atoms with Crippen molar-refractivity contribution in [2.24, 2.45) is 0 Å². The predicted octanol–water partition coefficient (Wildman–Crippen LogP) is 0.833. The molecule has 0 aromatic heterocycles. The van der Waals surface area contributed by atoms with Gasteiger partial charge in [-0.2, -0.15) is 0 Å². The van der Waals surface area contributed by atoms with E-state index in [-0.39, 0.29) is 0 Å². The fourth-order valence-electron chi connectivity index (χ4n) is 2.17. The molecule has 0 bridgehead atoms. The molecule has 18 heavy (non-hydrogen) atoms. The predicted molar refractivity (Wildman–Crippen MR) is 71.4 cm³/mol. The maximum Gasteiger partial charge on any atom is 0.161 e. The highest BCUT2D eigenvalue weighted by Crippen LogP contribution is 2.27. The summed E-state index contributed by atoms with van der Waals surface area (Å²) >= 11 is -1.53. The molecule has 1 heterocycles. The van der Waals surface area contributed by atoms with Crippen molar-refractivity contribution in [2.45, 2.75) is 35.9 Å². The third-order valence-electron chi connectivity index (χ3n) is 3.04. The normalized spacial score (nSPS) is 28.6. The molecule has 0 spiro atoms. The van der Waals surface area contributed by atoms with Crippen molar-refractivity contribution in [3.05, 3.63) is 12.7 Å². The topological polar surface area (TPSA) is 69.7 Å². The standard InChI is InChI=1S/C11H20O5S2/c1-4-6-10(18(3,13)14)11-9(17(12)15-2)7-5-8-16-11/h4,9-11H,1,5-8H2,2-3H3/t9-,10+,11+,17?/m0/s1. The molecule has 0 amide bonds. The van der Waals surface area contributed by atoms with Gasteiger partial charge in [0.15, 0.2) is 20.9 Å². The zero-order chi connectivity index (χ0) is 13.8. The van der Waals surface area contributed by atoms with Gasteiger partial charge in [-0.15, -0.1) is 6.58 Å². The number of hydrogen-bond acceptors (Lipinski definition) is 5. The summed E-state index contributed by atoms with van der Waals surface area (Å²) in [7, 11) is -1.94. The molecule has 0 aliphatic carbocycles. The summed E-state index contributed by atoms with van der Waals surface area (Å²) in [6.07, 6.45) is 3.84. The Morgan fingerprint density at radius 2 is 2.28 bits per heavy atom. The number of rotatable bonds is 6. The van der Waals surface area contributed by atoms with Crippen LogP contribution < -0.4 is 0 Å². The van der Waals surface area contributed by atoms with Crippen LogP contribution in [-0.2, 0) is 29.8 Å². The first-order valence-corrected chi connectivity index (χ1v) is 8.87. The molecular weight excluding hydrogens is 276 g/mol. The molecule has 5 nitrogen and oxygen atoms in total. The van der Waals surface area contributed by atoms with Crippen LogP contribution in [0.1, 0.15) is 19.3 Å². The lowest BCUT2D eigenvalue weighted by Crippen LogP contribution is -2.48. The van der Waals surface area contributed by atoms with Crippen molar-refractivity contribution in [3.8, 4) is 0 Å². The lowest BCUT2D eigenvalue weighted by atomic mass is 10.0. The molecule has 7 heteroatoms. The Bertz CT molecular complexity index is 404. The molecule has 0 saturated carbocycles. The molecule has 0 aromatic carbocycles. The van der Waals surface area contributed by atoms with E-state index in [0.717, 1.165) is 6.42 Å². The quantitative estimate of drug-likeness (QED) is 0.679. The number of hydrogen-bond donors (Lipinski definition) is 0. The van der Waals surface area contributed by atoms with Gasteiger partial charge in [-0.05, 0) is 19.3 Å². The molecule has 1 fully saturated rings. The average Bonchev–Trinajstić information content (AvgIpc) is 2.33. The third kappa shape index (κ3) is 3.88. The van der Waals surface area contributed by atoms with Crippen molar-refractivity contribution in [1.82, 2.24) is 0 Å². The van der Waals surface area contributed by atoms with Crippen molar-refractivity contribution in [1.29, 1.82) is 0 Å². The van der Waals surface area contributed by atoms with Crippen LogP contribution in [0.3, 0.4) is 0 Å². The van der Waals surface area contributed by atoms with E-state index in [9.17, 15) is 12.6 Å². The Kier molecular flexibility index (Phi) is 5.97. The highest BCUT2D eigenvalue weighted by molar-refractivity contribution is 7.91. The van der Waals surface area contributed by atoms with E-state index in [1.807, 2.05) is 0 Å². The first-order valence-electron chi connectivity index (χ1n) is 5.78. The van der Waals surface area contributed by atoms with Crippen LogP contribution in [0.5, 0.6) is 0 Å². The van der Waals surface area contributed by atoms with Gasteiger partial charge >= 0.3 is 0 Å². The summed E-state index contributed by atoms with van der Waals surface area (Å²) < 4.78 is 45.8. The maximum absolute atomic E-state index is 11.8. The summed E-state index contributed by atoms with van der Waals surface area (Å²) in [4.78, 5) is 0. The first kappa shape index (κ1) is 15.8. The Labute approximate surface area is 111 Å². The Hall–Kier alpha value is -0.240. The monoisotopic (exact) mass is 296 g/mol. The molecule has 1 unspecified atom stereocenters. The minimum Gasteiger partial charge on any atom is -0.376 e. The lowest BCUT2D eigenvalue weighted by Gasteiger charge is -2.34. The van der Waals surface area contributed by atoms with E-state index >= 15 is 0 Å². The second-order valence-electron chi connectivity index (χ2n) is 4.34. The van der Waals surface area contributed by atoms with Gasteiger partial charge in [0.05, 0.1) is 23.7 Å². The van der Waals surface area contributed by atoms with Gasteiger partial charge in [0, 0.05) is 12.9 Å². The van der Waals surface area contributed by atoms with Gasteiger partial charge in [-0.25, -0.2) is 12.6 Å². The zero-order valence-corrected chi connectivity index (χ0v) is 12.3. The van der Waals surface area contributed by atoms with E-state index < -0.39 is 37.5 Å². The van der Waals surface area contributed by atoms with Crippen molar-refractivity contribution in [2.75, 3.05) is 20.0 Å². The van der Waals surface area contributed by atoms with E-state index in [4.69, 9.17) is 8.92 Å². The van der Waals surface area contributed by atoms with Crippen LogP contribution in [-0.4, -0.2) is 49.2 Å². The second kappa shape index (κ2) is 6.79. The van der Waals surface area contributed by atoms with Crippen LogP contribution in [0.15, 0.2) is 12.7 Å². The summed E-state index contributed by atoms with van der Waals surface area (Å²) in [5.74, 6) is 0. The third-order valence-corrected chi connectivity index (χ3v) is 5.92. The van der Waals surface area contributed by atoms with Crippen molar-refractivity contribution >= 4 is 20.9 Å². The minimum absolute atomic E-state index is 0.293. The molecule has 1 aliphatic heterocycles. The highest BCUT2D eigenvalue weighted by atomic mass is 32.2. The van der Waals surface area contributed by atoms with Crippen LogP contribution in [0, 0.1) is 0 Å². The summed E-state index contributed by atoms with van der Waals surface area (Å²) in [5, 5.41) is -1.11. The summed E-state index contributed by atoms with van der Waals surface area (Å²) in [5.41, 5.74) is 0. The van der Waals surface area contributed by atoms with Crippen LogP contribution in [0.2, 0.25) is 0 Å². The molecule has 0 N–H and O–H groups in total. The SMILES string of the molecule is C=CC[C@H]([C@@H]1OCCC[C@@H]1S(=O)OC)S(C)(=O)=O. The van der Waals surface area contributed by atoms with Gasteiger partial charge in [0.25, 0.3) is 0 Å². The second-order valence-corrected chi connectivity index (χ2v) is 8.06. The first-order chi connectivity index (χ1) is 8.41. The van der Waals surface area contributed by atoms with Gasteiger partial charge in [0.2, 0.25) is 0 Å². The van der Waals surface area contributed by atoms with E-state index in [1.54, 1.807) is 6.08 Å². The van der Waals surface area contributed by atoms with Gasteiger partial charge < -0.3 is 4.74 Å². The van der Waals surface area contributed by atoms with Gasteiger partial charge in [0.1, 0.15) is 0 Å². The van der Waals surface area contributed by atoms with E-state index in [0.29, 0.717) is 19.4 Å². The number of ether oxygens (including phenoxy) is 1. The fourth-order valence-corrected chi connectivity index (χ4v) is 4.60. The Balaban J connectivity index is 2.99. The van der Waals surface area contributed by atoms with Crippen molar-refractivity contribution < 1.29 is 21.5 Å². The van der Waals surface area contributed by atoms with Crippen LogP contribution >= 0.6 is 0 Å². The molecule has 0 radical (unpaired) electrons. The average molecular weight is 296 g/mol. The smallest absolute Gasteiger partial charge is 0.161 e. The molecular formula is C11H20O5S2. The molecule has 106 valence electrons. The van der Waals surface area contributed by atoms with Gasteiger partial charge in [-0.3, -0.25) is 4.18 Å². The van der Waals surface area contributed by atoms with E-state index in [1.165, 1.54) is 13.4 Å². The Morgan fingerprint density at radius 3 is 2.78 bits per heavy atom. The molecule has 4 atom stereocenters.